The molecule has 1 aliphatic carbocycles. The van der Waals surface area contributed by atoms with Crippen molar-refractivity contribution in [1.29, 1.82) is 0 Å². The van der Waals surface area contributed by atoms with Crippen molar-refractivity contribution in [3.63, 3.8) is 0 Å². The second kappa shape index (κ2) is 5.21. The summed E-state index contributed by atoms with van der Waals surface area (Å²) in [6, 6.07) is 8.81. The summed E-state index contributed by atoms with van der Waals surface area (Å²) >= 11 is 1.72. The van der Waals surface area contributed by atoms with Crippen LogP contribution in [0, 0.1) is 6.92 Å². The number of benzene rings is 1. The molecule has 3 rings (SSSR count). The molecule has 1 aliphatic rings. The first kappa shape index (κ1) is 11.9. The third kappa shape index (κ3) is 2.79. The van der Waals surface area contributed by atoms with Crippen molar-refractivity contribution in [3.8, 4) is 0 Å². The molecule has 1 N–H and O–H groups in total. The van der Waals surface area contributed by atoms with Crippen LogP contribution < -0.4 is 5.32 Å². The van der Waals surface area contributed by atoms with E-state index in [1.165, 1.54) is 18.4 Å². The standard InChI is InChI=1S/C15H18N2S/c1-11-17-14(10-18-11)9-16-8-13-4-2-3-5-15(13)12-6-7-12/h2-5,10,12,16H,6-9H2,1H3. The molecule has 0 saturated heterocycles. The van der Waals surface area contributed by atoms with Gasteiger partial charge in [0.05, 0.1) is 10.7 Å². The summed E-state index contributed by atoms with van der Waals surface area (Å²) in [4.78, 5) is 4.47. The monoisotopic (exact) mass is 258 g/mol. The lowest BCUT2D eigenvalue weighted by atomic mass is 10.0. The zero-order valence-corrected chi connectivity index (χ0v) is 11.5. The van der Waals surface area contributed by atoms with Gasteiger partial charge in [0.25, 0.3) is 0 Å². The van der Waals surface area contributed by atoms with E-state index < -0.39 is 0 Å². The quantitative estimate of drug-likeness (QED) is 0.886. The van der Waals surface area contributed by atoms with Gasteiger partial charge >= 0.3 is 0 Å². The Morgan fingerprint density at radius 2 is 2.11 bits per heavy atom. The largest absolute Gasteiger partial charge is 0.307 e. The fraction of sp³-hybridized carbons (Fsp3) is 0.400. The fourth-order valence-electron chi connectivity index (χ4n) is 2.30. The Morgan fingerprint density at radius 3 is 2.83 bits per heavy atom. The highest BCUT2D eigenvalue weighted by Crippen LogP contribution is 2.41. The average Bonchev–Trinajstić information content (AvgIpc) is 3.14. The van der Waals surface area contributed by atoms with Crippen LogP contribution in [-0.2, 0) is 13.1 Å². The van der Waals surface area contributed by atoms with Crippen molar-refractivity contribution in [2.45, 2.75) is 38.8 Å². The van der Waals surface area contributed by atoms with Crippen LogP contribution in [0.4, 0.5) is 0 Å². The van der Waals surface area contributed by atoms with E-state index in [0.29, 0.717) is 0 Å². The first-order valence-electron chi connectivity index (χ1n) is 6.52. The van der Waals surface area contributed by atoms with E-state index in [4.69, 9.17) is 0 Å². The Kier molecular flexibility index (Phi) is 3.43. The van der Waals surface area contributed by atoms with E-state index in [9.17, 15) is 0 Å². The van der Waals surface area contributed by atoms with Crippen molar-refractivity contribution in [3.05, 3.63) is 51.5 Å². The molecular weight excluding hydrogens is 240 g/mol. The smallest absolute Gasteiger partial charge is 0.0897 e. The van der Waals surface area contributed by atoms with Crippen LogP contribution in [0.1, 0.15) is 40.6 Å². The van der Waals surface area contributed by atoms with Crippen LogP contribution in [0.15, 0.2) is 29.6 Å². The molecule has 0 bridgehead atoms. The summed E-state index contributed by atoms with van der Waals surface area (Å²) < 4.78 is 0. The van der Waals surface area contributed by atoms with Gasteiger partial charge in [0, 0.05) is 18.5 Å². The lowest BCUT2D eigenvalue weighted by Crippen LogP contribution is -2.14. The minimum atomic E-state index is 0.824. The second-order valence-corrected chi connectivity index (χ2v) is 6.00. The van der Waals surface area contributed by atoms with E-state index in [0.717, 1.165) is 29.7 Å². The van der Waals surface area contributed by atoms with Crippen molar-refractivity contribution < 1.29 is 0 Å². The molecule has 0 amide bonds. The molecular formula is C15H18N2S. The van der Waals surface area contributed by atoms with Gasteiger partial charge in [-0.05, 0) is 36.8 Å². The highest BCUT2D eigenvalue weighted by Gasteiger charge is 2.25. The van der Waals surface area contributed by atoms with Gasteiger partial charge in [-0.3, -0.25) is 0 Å². The summed E-state index contributed by atoms with van der Waals surface area (Å²) in [5, 5.41) is 6.78. The van der Waals surface area contributed by atoms with Gasteiger partial charge in [-0.15, -0.1) is 11.3 Å². The van der Waals surface area contributed by atoms with Gasteiger partial charge < -0.3 is 5.32 Å². The first-order chi connectivity index (χ1) is 8.83. The lowest BCUT2D eigenvalue weighted by Gasteiger charge is -2.09. The highest BCUT2D eigenvalue weighted by molar-refractivity contribution is 7.09. The summed E-state index contributed by atoms with van der Waals surface area (Å²) in [6.45, 7) is 3.86. The van der Waals surface area contributed by atoms with Gasteiger partial charge in [0.2, 0.25) is 0 Å². The van der Waals surface area contributed by atoms with E-state index >= 15 is 0 Å². The van der Waals surface area contributed by atoms with Gasteiger partial charge in [-0.2, -0.15) is 0 Å². The van der Waals surface area contributed by atoms with Crippen LogP contribution in [-0.4, -0.2) is 4.98 Å². The third-order valence-corrected chi connectivity index (χ3v) is 4.18. The maximum absolute atomic E-state index is 4.47. The van der Waals surface area contributed by atoms with Crippen molar-refractivity contribution in [2.24, 2.45) is 0 Å². The summed E-state index contributed by atoms with van der Waals surface area (Å²) in [7, 11) is 0. The Labute approximate surface area is 112 Å². The number of thiazole rings is 1. The first-order valence-corrected chi connectivity index (χ1v) is 7.40. The molecule has 0 aliphatic heterocycles. The minimum absolute atomic E-state index is 0.824. The summed E-state index contributed by atoms with van der Waals surface area (Å²) in [6.07, 6.45) is 2.73. The predicted octanol–water partition coefficient (Wildman–Crippen LogP) is 3.62. The molecule has 1 heterocycles. The Morgan fingerprint density at radius 1 is 1.28 bits per heavy atom. The maximum atomic E-state index is 4.47. The second-order valence-electron chi connectivity index (χ2n) is 4.93. The predicted molar refractivity (Wildman–Crippen MR) is 75.8 cm³/mol. The number of nitrogens with zero attached hydrogens (tertiary/aromatic N) is 1. The average molecular weight is 258 g/mol. The van der Waals surface area contributed by atoms with Crippen molar-refractivity contribution in [1.82, 2.24) is 10.3 Å². The number of aromatic nitrogens is 1. The van der Waals surface area contributed by atoms with Crippen LogP contribution in [0.3, 0.4) is 0 Å². The molecule has 1 aromatic carbocycles. The van der Waals surface area contributed by atoms with Gasteiger partial charge in [0.1, 0.15) is 0 Å². The molecule has 2 nitrogen and oxygen atoms in total. The number of hydrogen-bond acceptors (Lipinski definition) is 3. The normalized spacial score (nSPS) is 14.9. The zero-order valence-electron chi connectivity index (χ0n) is 10.6. The van der Waals surface area contributed by atoms with E-state index in [-0.39, 0.29) is 0 Å². The molecule has 1 saturated carbocycles. The molecule has 0 spiro atoms. The molecule has 1 fully saturated rings. The van der Waals surface area contributed by atoms with Crippen LogP contribution >= 0.6 is 11.3 Å². The van der Waals surface area contributed by atoms with Gasteiger partial charge in [-0.1, -0.05) is 24.3 Å². The maximum Gasteiger partial charge on any atom is 0.0897 e. The van der Waals surface area contributed by atoms with E-state index in [2.05, 4.69) is 46.9 Å². The Bertz CT molecular complexity index is 529. The van der Waals surface area contributed by atoms with Gasteiger partial charge in [0.15, 0.2) is 0 Å². The summed E-state index contributed by atoms with van der Waals surface area (Å²) in [5.41, 5.74) is 4.15. The topological polar surface area (TPSA) is 24.9 Å². The Balaban J connectivity index is 1.59. The fourth-order valence-corrected chi connectivity index (χ4v) is 2.92. The van der Waals surface area contributed by atoms with Crippen LogP contribution in [0.25, 0.3) is 0 Å². The number of hydrogen-bond donors (Lipinski definition) is 1. The van der Waals surface area contributed by atoms with Crippen molar-refractivity contribution >= 4 is 11.3 Å². The Hall–Kier alpha value is -1.19. The molecule has 3 heteroatoms. The molecule has 1 aromatic heterocycles. The highest BCUT2D eigenvalue weighted by atomic mass is 32.1. The van der Waals surface area contributed by atoms with Crippen LogP contribution in [0.2, 0.25) is 0 Å². The molecule has 0 unspecified atom stereocenters. The SMILES string of the molecule is Cc1nc(CNCc2ccccc2C2CC2)cs1. The minimum Gasteiger partial charge on any atom is -0.307 e. The molecule has 18 heavy (non-hydrogen) atoms. The molecule has 0 atom stereocenters. The molecule has 2 aromatic rings. The van der Waals surface area contributed by atoms with Crippen LogP contribution in [0.5, 0.6) is 0 Å². The number of aryl methyl sites for hydroxylation is 1. The third-order valence-electron chi connectivity index (χ3n) is 3.36. The zero-order chi connectivity index (χ0) is 12.4. The molecule has 94 valence electrons. The van der Waals surface area contributed by atoms with E-state index in [1.807, 2.05) is 0 Å². The number of nitrogens with one attached hydrogen (secondary N) is 1. The van der Waals surface area contributed by atoms with Crippen molar-refractivity contribution in [2.75, 3.05) is 0 Å². The molecule has 0 radical (unpaired) electrons. The van der Waals surface area contributed by atoms with E-state index in [1.54, 1.807) is 16.9 Å². The summed E-state index contributed by atoms with van der Waals surface area (Å²) in [5.74, 6) is 0.824. The number of rotatable bonds is 5. The van der Waals surface area contributed by atoms with Gasteiger partial charge in [-0.25, -0.2) is 4.98 Å². The lowest BCUT2D eigenvalue weighted by molar-refractivity contribution is 0.677.